The van der Waals surface area contributed by atoms with Crippen LogP contribution in [0.15, 0.2) is 36.5 Å². The zero-order chi connectivity index (χ0) is 18.7. The van der Waals surface area contributed by atoms with Gasteiger partial charge in [0.05, 0.1) is 18.3 Å². The van der Waals surface area contributed by atoms with Gasteiger partial charge in [-0.1, -0.05) is 25.1 Å². The molecule has 2 heterocycles. The predicted octanol–water partition coefficient (Wildman–Crippen LogP) is 3.25. The number of fused-ring (bicyclic) bond motifs is 1. The number of esters is 1. The van der Waals surface area contributed by atoms with Crippen molar-refractivity contribution < 1.29 is 14.3 Å². The van der Waals surface area contributed by atoms with Crippen molar-refractivity contribution in [1.29, 1.82) is 0 Å². The zero-order valence-electron chi connectivity index (χ0n) is 14.9. The summed E-state index contributed by atoms with van der Waals surface area (Å²) in [6.07, 6.45) is 1.66. The van der Waals surface area contributed by atoms with Crippen molar-refractivity contribution in [1.82, 2.24) is 14.8 Å². The van der Waals surface area contributed by atoms with Gasteiger partial charge in [0, 0.05) is 11.8 Å². The molecule has 0 saturated heterocycles. The van der Waals surface area contributed by atoms with Crippen molar-refractivity contribution >= 4 is 28.6 Å². The highest BCUT2D eigenvalue weighted by atomic mass is 16.5. The van der Waals surface area contributed by atoms with Crippen molar-refractivity contribution in [2.24, 2.45) is 0 Å². The molecule has 1 N–H and O–H groups in total. The molecule has 134 valence electrons. The Labute approximate surface area is 151 Å². The Kier molecular flexibility index (Phi) is 4.97. The molecule has 0 fully saturated rings. The van der Waals surface area contributed by atoms with Crippen LogP contribution >= 0.6 is 0 Å². The van der Waals surface area contributed by atoms with Crippen molar-refractivity contribution in [3.05, 3.63) is 47.7 Å². The first-order valence-corrected chi connectivity index (χ1v) is 8.46. The number of amides is 1. The van der Waals surface area contributed by atoms with Crippen molar-refractivity contribution in [2.45, 2.75) is 27.2 Å². The van der Waals surface area contributed by atoms with E-state index in [4.69, 9.17) is 4.74 Å². The van der Waals surface area contributed by atoms with E-state index in [1.165, 1.54) is 10.9 Å². The van der Waals surface area contributed by atoms with Crippen LogP contribution in [0.25, 0.3) is 16.7 Å². The van der Waals surface area contributed by atoms with Crippen LogP contribution in [0.5, 0.6) is 0 Å². The van der Waals surface area contributed by atoms with Crippen LogP contribution in [0, 0.1) is 6.92 Å². The van der Waals surface area contributed by atoms with Gasteiger partial charge in [-0.3, -0.25) is 4.79 Å². The summed E-state index contributed by atoms with van der Waals surface area (Å²) in [5.74, 6) is 0.0121. The Bertz CT molecular complexity index is 978. The second kappa shape index (κ2) is 7.35. The van der Waals surface area contributed by atoms with E-state index in [9.17, 15) is 9.59 Å². The molecular weight excluding hydrogens is 332 g/mol. The molecule has 0 aliphatic heterocycles. The number of aromatic nitrogens is 3. The molecule has 3 rings (SSSR count). The summed E-state index contributed by atoms with van der Waals surface area (Å²) in [6.45, 7) is 5.67. The highest BCUT2D eigenvalue weighted by Gasteiger charge is 2.22. The molecule has 7 nitrogen and oxygen atoms in total. The monoisotopic (exact) mass is 352 g/mol. The Morgan fingerprint density at radius 2 is 2.00 bits per heavy atom. The minimum atomic E-state index is -0.539. The number of hydrogen-bond donors (Lipinski definition) is 1. The molecule has 7 heteroatoms. The fourth-order valence-electron chi connectivity index (χ4n) is 2.66. The number of para-hydroxylation sites is 1. The highest BCUT2D eigenvalue weighted by molar-refractivity contribution is 6.00. The van der Waals surface area contributed by atoms with Crippen LogP contribution in [0.2, 0.25) is 0 Å². The van der Waals surface area contributed by atoms with Gasteiger partial charge in [-0.15, -0.1) is 0 Å². The van der Waals surface area contributed by atoms with E-state index in [1.54, 1.807) is 13.8 Å². The van der Waals surface area contributed by atoms with E-state index in [0.717, 1.165) is 16.5 Å². The lowest BCUT2D eigenvalue weighted by molar-refractivity contribution is -0.115. The van der Waals surface area contributed by atoms with Crippen LogP contribution in [0.1, 0.15) is 36.2 Å². The molecule has 0 bridgehead atoms. The molecule has 1 amide bonds. The first-order valence-electron chi connectivity index (χ1n) is 8.46. The SMILES string of the molecule is CCOC(=O)c1cnn(-c2cc(C)c3ccccc3n2)c1NC(=O)CC. The Morgan fingerprint density at radius 3 is 2.73 bits per heavy atom. The maximum Gasteiger partial charge on any atom is 0.343 e. The van der Waals surface area contributed by atoms with Gasteiger partial charge in [-0.25, -0.2) is 9.78 Å². The third-order valence-corrected chi connectivity index (χ3v) is 3.97. The van der Waals surface area contributed by atoms with Gasteiger partial charge in [0.25, 0.3) is 0 Å². The normalized spacial score (nSPS) is 10.7. The highest BCUT2D eigenvalue weighted by Crippen LogP contribution is 2.24. The van der Waals surface area contributed by atoms with E-state index >= 15 is 0 Å². The smallest absolute Gasteiger partial charge is 0.343 e. The average molecular weight is 352 g/mol. The second-order valence-electron chi connectivity index (χ2n) is 5.76. The number of aryl methyl sites for hydroxylation is 1. The van der Waals surface area contributed by atoms with Gasteiger partial charge in [0.15, 0.2) is 11.6 Å². The van der Waals surface area contributed by atoms with Gasteiger partial charge < -0.3 is 10.1 Å². The second-order valence-corrected chi connectivity index (χ2v) is 5.76. The number of nitrogens with one attached hydrogen (secondary N) is 1. The lowest BCUT2D eigenvalue weighted by Crippen LogP contribution is -2.17. The maximum atomic E-state index is 12.2. The van der Waals surface area contributed by atoms with E-state index in [1.807, 2.05) is 37.3 Å². The summed E-state index contributed by atoms with van der Waals surface area (Å²) in [7, 11) is 0. The molecule has 0 spiro atoms. The largest absolute Gasteiger partial charge is 0.462 e. The molecule has 0 saturated carbocycles. The molecule has 0 atom stereocenters. The van der Waals surface area contributed by atoms with Gasteiger partial charge >= 0.3 is 5.97 Å². The first kappa shape index (κ1) is 17.6. The number of pyridine rings is 1. The molecule has 3 aromatic rings. The number of carbonyl (C=O) groups is 2. The lowest BCUT2D eigenvalue weighted by Gasteiger charge is -2.11. The molecule has 2 aromatic heterocycles. The number of carbonyl (C=O) groups excluding carboxylic acids is 2. The topological polar surface area (TPSA) is 86.1 Å². The van der Waals surface area contributed by atoms with Crippen molar-refractivity contribution in [3.63, 3.8) is 0 Å². The molecule has 0 radical (unpaired) electrons. The fourth-order valence-corrected chi connectivity index (χ4v) is 2.66. The number of hydrogen-bond acceptors (Lipinski definition) is 5. The van der Waals surface area contributed by atoms with Crippen molar-refractivity contribution in [2.75, 3.05) is 11.9 Å². The van der Waals surface area contributed by atoms with Crippen LogP contribution in [0.3, 0.4) is 0 Å². The number of nitrogens with zero attached hydrogens (tertiary/aromatic N) is 3. The van der Waals surface area contributed by atoms with Crippen molar-refractivity contribution in [3.8, 4) is 5.82 Å². The summed E-state index contributed by atoms with van der Waals surface area (Å²) in [5, 5.41) is 8.03. The van der Waals surface area contributed by atoms with Gasteiger partial charge in [-0.05, 0) is 31.5 Å². The molecule has 26 heavy (non-hydrogen) atoms. The van der Waals surface area contributed by atoms with Crippen LogP contribution in [0.4, 0.5) is 5.82 Å². The summed E-state index contributed by atoms with van der Waals surface area (Å²) < 4.78 is 6.52. The third kappa shape index (κ3) is 3.28. The summed E-state index contributed by atoms with van der Waals surface area (Å²) in [4.78, 5) is 28.8. The Balaban J connectivity index is 2.15. The Morgan fingerprint density at radius 1 is 1.23 bits per heavy atom. The van der Waals surface area contributed by atoms with Crippen LogP contribution < -0.4 is 5.32 Å². The van der Waals surface area contributed by atoms with Crippen LogP contribution in [-0.4, -0.2) is 33.2 Å². The number of anilines is 1. The molecule has 0 aliphatic rings. The van der Waals surface area contributed by atoms with Gasteiger partial charge in [0.1, 0.15) is 5.56 Å². The standard InChI is InChI=1S/C19H20N4O3/c1-4-17(24)22-18-14(19(25)26-5-2)11-20-23(18)16-10-12(3)13-8-6-7-9-15(13)21-16/h6-11H,4-5H2,1-3H3,(H,22,24). The summed E-state index contributed by atoms with van der Waals surface area (Å²) in [6, 6.07) is 9.63. The average Bonchev–Trinajstić information content (AvgIpc) is 3.05. The zero-order valence-corrected chi connectivity index (χ0v) is 14.9. The predicted molar refractivity (Wildman–Crippen MR) is 98.5 cm³/mol. The van der Waals surface area contributed by atoms with E-state index in [2.05, 4.69) is 15.4 Å². The fraction of sp³-hybridized carbons (Fsp3) is 0.263. The molecule has 0 aliphatic carbocycles. The summed E-state index contributed by atoms with van der Waals surface area (Å²) in [5.41, 5.74) is 2.02. The number of ether oxygens (including phenoxy) is 1. The molecule has 1 aromatic carbocycles. The maximum absolute atomic E-state index is 12.2. The lowest BCUT2D eigenvalue weighted by atomic mass is 10.1. The van der Waals surface area contributed by atoms with E-state index < -0.39 is 5.97 Å². The minimum absolute atomic E-state index is 0.196. The van der Waals surface area contributed by atoms with Gasteiger partial charge in [-0.2, -0.15) is 9.78 Å². The molecular formula is C19H20N4O3. The minimum Gasteiger partial charge on any atom is -0.462 e. The quantitative estimate of drug-likeness (QED) is 0.712. The van der Waals surface area contributed by atoms with Gasteiger partial charge in [0.2, 0.25) is 5.91 Å². The number of benzene rings is 1. The third-order valence-electron chi connectivity index (χ3n) is 3.97. The summed E-state index contributed by atoms with van der Waals surface area (Å²) >= 11 is 0. The first-order chi connectivity index (χ1) is 12.5. The Hall–Kier alpha value is -3.22. The van der Waals surface area contributed by atoms with E-state index in [0.29, 0.717) is 5.82 Å². The van der Waals surface area contributed by atoms with Crippen LogP contribution in [-0.2, 0) is 9.53 Å². The molecule has 0 unspecified atom stereocenters. The number of rotatable bonds is 5. The van der Waals surface area contributed by atoms with E-state index in [-0.39, 0.29) is 30.3 Å².